The van der Waals surface area contributed by atoms with Crippen molar-refractivity contribution in [2.45, 2.75) is 18.6 Å². The van der Waals surface area contributed by atoms with Crippen molar-refractivity contribution in [2.24, 2.45) is 7.05 Å². The van der Waals surface area contributed by atoms with Gasteiger partial charge in [-0.15, -0.1) is 0 Å². The quantitative estimate of drug-likeness (QED) is 0.719. The summed E-state index contributed by atoms with van der Waals surface area (Å²) < 4.78 is 1.75. The second kappa shape index (κ2) is 5.08. The van der Waals surface area contributed by atoms with Crippen LogP contribution in [-0.2, 0) is 7.05 Å². The Balaban J connectivity index is 2.32. The van der Waals surface area contributed by atoms with Crippen molar-refractivity contribution in [3.63, 3.8) is 0 Å². The van der Waals surface area contributed by atoms with E-state index in [-0.39, 0.29) is 0 Å². The zero-order valence-corrected chi connectivity index (χ0v) is 10.5. The van der Waals surface area contributed by atoms with Gasteiger partial charge in [-0.2, -0.15) is 17.7 Å². The summed E-state index contributed by atoms with van der Waals surface area (Å²) in [4.78, 5) is 0. The van der Waals surface area contributed by atoms with Gasteiger partial charge in [-0.05, 0) is 23.8 Å². The van der Waals surface area contributed by atoms with E-state index >= 15 is 0 Å². The van der Waals surface area contributed by atoms with Gasteiger partial charge in [0, 0.05) is 12.4 Å². The first-order valence-corrected chi connectivity index (χ1v) is 6.15. The summed E-state index contributed by atoms with van der Waals surface area (Å²) in [6.07, 6.45) is 0.586. The number of rotatable bonds is 4. The molecule has 0 saturated carbocycles. The Morgan fingerprint density at radius 1 is 1.41 bits per heavy atom. The summed E-state index contributed by atoms with van der Waals surface area (Å²) in [5, 5.41) is 24.9. The van der Waals surface area contributed by atoms with Gasteiger partial charge >= 0.3 is 0 Å². The zero-order valence-electron chi connectivity index (χ0n) is 9.61. The van der Waals surface area contributed by atoms with Crippen LogP contribution >= 0.6 is 12.6 Å². The van der Waals surface area contributed by atoms with E-state index < -0.39 is 12.2 Å². The Morgan fingerprint density at radius 2 is 2.18 bits per heavy atom. The van der Waals surface area contributed by atoms with Crippen LogP contribution in [0.4, 0.5) is 0 Å². The number of aromatic nitrogens is 2. The first-order valence-electron chi connectivity index (χ1n) is 5.52. The van der Waals surface area contributed by atoms with E-state index in [1.54, 1.807) is 10.9 Å². The van der Waals surface area contributed by atoms with Gasteiger partial charge in [0.05, 0.1) is 17.8 Å². The SMILES string of the molecule is Cn1ncc2ccc(C(O)C(O)CCS)cc21. The molecule has 4 nitrogen and oxygen atoms in total. The predicted octanol–water partition coefficient (Wildman–Crippen LogP) is 1.29. The van der Waals surface area contributed by atoms with Crippen molar-refractivity contribution in [1.82, 2.24) is 9.78 Å². The highest BCUT2D eigenvalue weighted by atomic mass is 32.1. The minimum atomic E-state index is -0.874. The molecule has 0 bridgehead atoms. The standard InChI is InChI=1S/C12H16N2O2S/c1-14-10-6-8(2-3-9(10)7-13-14)12(16)11(15)4-5-17/h2-3,6-7,11-12,15-17H,4-5H2,1H3. The number of aliphatic hydroxyl groups is 2. The van der Waals surface area contributed by atoms with Crippen LogP contribution in [0.3, 0.4) is 0 Å². The second-order valence-electron chi connectivity index (χ2n) is 4.11. The average Bonchev–Trinajstić information content (AvgIpc) is 2.70. The lowest BCUT2D eigenvalue weighted by Crippen LogP contribution is -2.18. The van der Waals surface area contributed by atoms with Crippen LogP contribution in [0.15, 0.2) is 24.4 Å². The molecule has 92 valence electrons. The van der Waals surface area contributed by atoms with Crippen molar-refractivity contribution in [2.75, 3.05) is 5.75 Å². The van der Waals surface area contributed by atoms with Crippen LogP contribution in [0.5, 0.6) is 0 Å². The monoisotopic (exact) mass is 252 g/mol. The molecule has 0 fully saturated rings. The molecule has 1 aromatic carbocycles. The minimum Gasteiger partial charge on any atom is -0.390 e. The van der Waals surface area contributed by atoms with E-state index in [1.165, 1.54) is 0 Å². The van der Waals surface area contributed by atoms with E-state index in [4.69, 9.17) is 0 Å². The molecular weight excluding hydrogens is 236 g/mol. The van der Waals surface area contributed by atoms with Crippen LogP contribution in [0.25, 0.3) is 10.9 Å². The molecule has 0 aliphatic heterocycles. The molecule has 0 spiro atoms. The smallest absolute Gasteiger partial charge is 0.105 e. The fraction of sp³-hybridized carbons (Fsp3) is 0.417. The summed E-state index contributed by atoms with van der Waals surface area (Å²) >= 11 is 4.05. The third kappa shape index (κ3) is 2.46. The molecule has 5 heteroatoms. The minimum absolute atomic E-state index is 0.466. The maximum absolute atomic E-state index is 9.99. The lowest BCUT2D eigenvalue weighted by atomic mass is 10.0. The molecule has 0 saturated heterocycles. The molecule has 2 rings (SSSR count). The van der Waals surface area contributed by atoms with E-state index in [9.17, 15) is 10.2 Å². The summed E-state index contributed by atoms with van der Waals surface area (Å²) in [5.74, 6) is 0.548. The van der Waals surface area contributed by atoms with Crippen LogP contribution in [-0.4, -0.2) is 31.9 Å². The van der Waals surface area contributed by atoms with Crippen molar-refractivity contribution >= 4 is 23.5 Å². The number of aliphatic hydroxyl groups excluding tert-OH is 2. The van der Waals surface area contributed by atoms with E-state index in [1.807, 2.05) is 25.2 Å². The number of hydrogen-bond acceptors (Lipinski definition) is 4. The molecule has 1 heterocycles. The molecule has 0 radical (unpaired) electrons. The molecule has 2 N–H and O–H groups in total. The lowest BCUT2D eigenvalue weighted by Gasteiger charge is -2.17. The second-order valence-corrected chi connectivity index (χ2v) is 4.56. The first-order chi connectivity index (χ1) is 8.13. The number of fused-ring (bicyclic) bond motifs is 1. The first kappa shape index (κ1) is 12.4. The summed E-state index contributed by atoms with van der Waals surface area (Å²) in [5.41, 5.74) is 1.65. The van der Waals surface area contributed by atoms with Gasteiger partial charge in [0.25, 0.3) is 0 Å². The number of hydrogen-bond donors (Lipinski definition) is 3. The summed E-state index contributed by atoms with van der Waals surface area (Å²) in [6.45, 7) is 0. The van der Waals surface area contributed by atoms with Gasteiger partial charge < -0.3 is 10.2 Å². The molecule has 17 heavy (non-hydrogen) atoms. The van der Waals surface area contributed by atoms with Gasteiger partial charge in [0.2, 0.25) is 0 Å². The molecule has 0 amide bonds. The molecular formula is C12H16N2O2S. The van der Waals surface area contributed by atoms with Crippen LogP contribution in [0.2, 0.25) is 0 Å². The van der Waals surface area contributed by atoms with Gasteiger partial charge in [-0.3, -0.25) is 4.68 Å². The number of aryl methyl sites for hydroxylation is 1. The largest absolute Gasteiger partial charge is 0.390 e. The van der Waals surface area contributed by atoms with Crippen molar-refractivity contribution in [3.05, 3.63) is 30.0 Å². The van der Waals surface area contributed by atoms with E-state index in [0.717, 1.165) is 10.9 Å². The predicted molar refractivity (Wildman–Crippen MR) is 70.2 cm³/mol. The maximum Gasteiger partial charge on any atom is 0.105 e. The van der Waals surface area contributed by atoms with Crippen LogP contribution in [0.1, 0.15) is 18.1 Å². The highest BCUT2D eigenvalue weighted by Gasteiger charge is 2.18. The Morgan fingerprint density at radius 3 is 2.88 bits per heavy atom. The Bertz CT molecular complexity index is 512. The Hall–Kier alpha value is -1.04. The molecule has 2 unspecified atom stereocenters. The van der Waals surface area contributed by atoms with Crippen LogP contribution < -0.4 is 0 Å². The van der Waals surface area contributed by atoms with Crippen molar-refractivity contribution < 1.29 is 10.2 Å². The van der Waals surface area contributed by atoms with E-state index in [0.29, 0.717) is 17.7 Å². The van der Waals surface area contributed by atoms with Gasteiger partial charge in [0.15, 0.2) is 0 Å². The van der Waals surface area contributed by atoms with Gasteiger partial charge in [0.1, 0.15) is 6.10 Å². The molecule has 0 aliphatic rings. The van der Waals surface area contributed by atoms with Gasteiger partial charge in [-0.25, -0.2) is 0 Å². The molecule has 0 aliphatic carbocycles. The summed E-state index contributed by atoms with van der Waals surface area (Å²) in [7, 11) is 1.85. The third-order valence-corrected chi connectivity index (χ3v) is 3.16. The third-order valence-electron chi connectivity index (χ3n) is 2.90. The topological polar surface area (TPSA) is 58.3 Å². The average molecular weight is 252 g/mol. The molecule has 2 aromatic rings. The van der Waals surface area contributed by atoms with Crippen LogP contribution in [0, 0.1) is 0 Å². The highest BCUT2D eigenvalue weighted by molar-refractivity contribution is 7.80. The number of thiol groups is 1. The van der Waals surface area contributed by atoms with Crippen molar-refractivity contribution in [1.29, 1.82) is 0 Å². The molecule has 1 aromatic heterocycles. The fourth-order valence-electron chi connectivity index (χ4n) is 1.86. The van der Waals surface area contributed by atoms with Crippen molar-refractivity contribution in [3.8, 4) is 0 Å². The zero-order chi connectivity index (χ0) is 12.4. The van der Waals surface area contributed by atoms with E-state index in [2.05, 4.69) is 17.7 Å². The Kier molecular flexibility index (Phi) is 3.71. The summed E-state index contributed by atoms with van der Waals surface area (Å²) in [6, 6.07) is 5.57. The Labute approximate surface area is 105 Å². The number of benzene rings is 1. The number of nitrogens with zero attached hydrogens (tertiary/aromatic N) is 2. The normalized spacial score (nSPS) is 15.1. The lowest BCUT2D eigenvalue weighted by molar-refractivity contribution is 0.0173. The highest BCUT2D eigenvalue weighted by Crippen LogP contribution is 2.23. The maximum atomic E-state index is 9.99. The molecule has 2 atom stereocenters. The fourth-order valence-corrected chi connectivity index (χ4v) is 2.12. The van der Waals surface area contributed by atoms with Gasteiger partial charge in [-0.1, -0.05) is 12.1 Å².